The van der Waals surface area contributed by atoms with Crippen molar-refractivity contribution in [1.29, 1.82) is 0 Å². The highest BCUT2D eigenvalue weighted by atomic mass is 15.3. The molecule has 4 heteroatoms. The predicted molar refractivity (Wildman–Crippen MR) is 60.6 cm³/mol. The zero-order valence-corrected chi connectivity index (χ0v) is 8.46. The molecule has 2 N–H and O–H groups in total. The molecule has 0 spiro atoms. The smallest absolute Gasteiger partial charge is 0.142 e. The minimum absolute atomic E-state index is 0.0717. The fourth-order valence-corrected chi connectivity index (χ4v) is 1.92. The molecule has 1 aliphatic rings. The van der Waals surface area contributed by atoms with E-state index in [2.05, 4.69) is 9.38 Å². The highest BCUT2D eigenvalue weighted by Gasteiger charge is 2.20. The highest BCUT2D eigenvalue weighted by Crippen LogP contribution is 2.26. The molecule has 76 valence electrons. The van der Waals surface area contributed by atoms with Gasteiger partial charge >= 0.3 is 0 Å². The van der Waals surface area contributed by atoms with E-state index in [9.17, 15) is 0 Å². The molecule has 0 fully saturated rings. The Bertz CT molecular complexity index is 541. The fourth-order valence-electron chi connectivity index (χ4n) is 1.92. The summed E-state index contributed by atoms with van der Waals surface area (Å²) in [6.07, 6.45) is 5.86. The highest BCUT2D eigenvalue weighted by molar-refractivity contribution is 5.71. The maximum atomic E-state index is 5.94. The van der Waals surface area contributed by atoms with Crippen molar-refractivity contribution in [2.24, 2.45) is 5.73 Å². The minimum atomic E-state index is -0.0717. The second-order valence-corrected chi connectivity index (χ2v) is 3.71. The quantitative estimate of drug-likeness (QED) is 0.692. The van der Waals surface area contributed by atoms with Crippen molar-refractivity contribution in [2.75, 3.05) is 11.9 Å². The molecule has 1 atom stereocenters. The van der Waals surface area contributed by atoms with Gasteiger partial charge in [-0.05, 0) is 24.3 Å². The van der Waals surface area contributed by atoms with E-state index in [1.807, 2.05) is 48.5 Å². The Labute approximate surface area is 87.6 Å². The van der Waals surface area contributed by atoms with Crippen molar-refractivity contribution < 1.29 is 0 Å². The summed E-state index contributed by atoms with van der Waals surface area (Å²) in [5.41, 5.74) is 7.87. The van der Waals surface area contributed by atoms with Gasteiger partial charge in [0, 0.05) is 13.2 Å². The summed E-state index contributed by atoms with van der Waals surface area (Å²) >= 11 is 0. The molecule has 2 aromatic heterocycles. The largest absolute Gasteiger partial charge is 0.340 e. The van der Waals surface area contributed by atoms with E-state index in [4.69, 9.17) is 5.73 Å². The standard InChI is InChI=1S/C11H12N4/c1-14-9(12)6-5-8-11(14)15-7-3-2-4-10(15)13-8/h2-7,9H,12H2,1H3. The first kappa shape index (κ1) is 8.49. The number of aromatic nitrogens is 2. The van der Waals surface area contributed by atoms with Crippen LogP contribution in [0.15, 0.2) is 30.5 Å². The molecule has 4 nitrogen and oxygen atoms in total. The van der Waals surface area contributed by atoms with Gasteiger partial charge in [-0.15, -0.1) is 0 Å². The van der Waals surface area contributed by atoms with Gasteiger partial charge in [-0.3, -0.25) is 4.40 Å². The van der Waals surface area contributed by atoms with Gasteiger partial charge in [-0.25, -0.2) is 4.98 Å². The van der Waals surface area contributed by atoms with E-state index >= 15 is 0 Å². The van der Waals surface area contributed by atoms with Crippen molar-refractivity contribution >= 4 is 17.5 Å². The van der Waals surface area contributed by atoms with Gasteiger partial charge in [-0.1, -0.05) is 6.07 Å². The number of likely N-dealkylation sites (N-methyl/N-ethyl adjacent to an activating group) is 1. The topological polar surface area (TPSA) is 46.6 Å². The van der Waals surface area contributed by atoms with Gasteiger partial charge in [0.25, 0.3) is 0 Å². The second-order valence-electron chi connectivity index (χ2n) is 3.71. The molecule has 1 aliphatic heterocycles. The van der Waals surface area contributed by atoms with Gasteiger partial charge in [0.2, 0.25) is 0 Å². The van der Waals surface area contributed by atoms with Crippen LogP contribution in [0.3, 0.4) is 0 Å². The first-order valence-corrected chi connectivity index (χ1v) is 4.91. The normalized spacial score (nSPS) is 19.6. The summed E-state index contributed by atoms with van der Waals surface area (Å²) in [6, 6.07) is 5.97. The van der Waals surface area contributed by atoms with Crippen LogP contribution in [0.2, 0.25) is 0 Å². The second kappa shape index (κ2) is 2.84. The third kappa shape index (κ3) is 1.08. The van der Waals surface area contributed by atoms with Crippen molar-refractivity contribution in [1.82, 2.24) is 9.38 Å². The van der Waals surface area contributed by atoms with Crippen LogP contribution in [0.1, 0.15) is 5.69 Å². The third-order valence-electron chi connectivity index (χ3n) is 2.76. The average molecular weight is 200 g/mol. The average Bonchev–Trinajstić information content (AvgIpc) is 2.62. The first-order chi connectivity index (χ1) is 7.27. The Morgan fingerprint density at radius 2 is 2.27 bits per heavy atom. The van der Waals surface area contributed by atoms with E-state index < -0.39 is 0 Å². The molecule has 0 saturated carbocycles. The number of nitrogens with zero attached hydrogens (tertiary/aromatic N) is 3. The van der Waals surface area contributed by atoms with Gasteiger partial charge in [0.1, 0.15) is 17.2 Å². The third-order valence-corrected chi connectivity index (χ3v) is 2.76. The molecular formula is C11H12N4. The Kier molecular flexibility index (Phi) is 1.61. The van der Waals surface area contributed by atoms with Crippen LogP contribution in [0, 0.1) is 0 Å². The Balaban J connectivity index is 2.35. The molecule has 0 aliphatic carbocycles. The maximum absolute atomic E-state index is 5.94. The molecule has 0 aromatic carbocycles. The van der Waals surface area contributed by atoms with Gasteiger partial charge < -0.3 is 10.6 Å². The fraction of sp³-hybridized carbons (Fsp3) is 0.182. The van der Waals surface area contributed by atoms with E-state index in [0.29, 0.717) is 0 Å². The van der Waals surface area contributed by atoms with E-state index in [0.717, 1.165) is 17.2 Å². The van der Waals surface area contributed by atoms with E-state index in [1.54, 1.807) is 0 Å². The number of hydrogen-bond donors (Lipinski definition) is 1. The number of imidazole rings is 1. The van der Waals surface area contributed by atoms with Crippen LogP contribution in [-0.4, -0.2) is 22.6 Å². The molecular weight excluding hydrogens is 188 g/mol. The van der Waals surface area contributed by atoms with Gasteiger partial charge in [-0.2, -0.15) is 0 Å². The lowest BCUT2D eigenvalue weighted by atomic mass is 10.2. The van der Waals surface area contributed by atoms with Crippen molar-refractivity contribution in [3.05, 3.63) is 36.2 Å². The Morgan fingerprint density at radius 3 is 3.13 bits per heavy atom. The van der Waals surface area contributed by atoms with Crippen LogP contribution in [0.25, 0.3) is 11.7 Å². The van der Waals surface area contributed by atoms with Crippen LogP contribution < -0.4 is 10.6 Å². The summed E-state index contributed by atoms with van der Waals surface area (Å²) in [4.78, 5) is 6.54. The predicted octanol–water partition coefficient (Wildman–Crippen LogP) is 1.08. The Morgan fingerprint density at radius 1 is 1.40 bits per heavy atom. The number of nitrogens with two attached hydrogens (primary N) is 1. The van der Waals surface area contributed by atoms with Crippen LogP contribution in [-0.2, 0) is 0 Å². The minimum Gasteiger partial charge on any atom is -0.340 e. The summed E-state index contributed by atoms with van der Waals surface area (Å²) in [6.45, 7) is 0. The van der Waals surface area contributed by atoms with Crippen LogP contribution >= 0.6 is 0 Å². The lowest BCUT2D eigenvalue weighted by molar-refractivity contribution is 0.764. The number of hydrogen-bond acceptors (Lipinski definition) is 3. The molecule has 0 amide bonds. The van der Waals surface area contributed by atoms with Gasteiger partial charge in [0.05, 0.1) is 6.17 Å². The number of fused-ring (bicyclic) bond motifs is 3. The van der Waals surface area contributed by atoms with Crippen LogP contribution in [0.5, 0.6) is 0 Å². The van der Waals surface area contributed by atoms with Crippen LogP contribution in [0.4, 0.5) is 5.82 Å². The first-order valence-electron chi connectivity index (χ1n) is 4.91. The number of pyridine rings is 1. The molecule has 15 heavy (non-hydrogen) atoms. The lowest BCUT2D eigenvalue weighted by Gasteiger charge is -2.27. The zero-order chi connectivity index (χ0) is 10.4. The van der Waals surface area contributed by atoms with E-state index in [-0.39, 0.29) is 6.17 Å². The molecule has 1 unspecified atom stereocenters. The summed E-state index contributed by atoms with van der Waals surface area (Å²) < 4.78 is 2.05. The number of rotatable bonds is 0. The molecule has 2 aromatic rings. The summed E-state index contributed by atoms with van der Waals surface area (Å²) in [5, 5.41) is 0. The number of anilines is 1. The monoisotopic (exact) mass is 200 g/mol. The summed E-state index contributed by atoms with van der Waals surface area (Å²) in [5.74, 6) is 1.06. The molecule has 3 rings (SSSR count). The van der Waals surface area contributed by atoms with Crippen molar-refractivity contribution in [2.45, 2.75) is 6.17 Å². The lowest BCUT2D eigenvalue weighted by Crippen LogP contribution is -2.39. The van der Waals surface area contributed by atoms with Gasteiger partial charge in [0.15, 0.2) is 0 Å². The van der Waals surface area contributed by atoms with E-state index in [1.165, 1.54) is 0 Å². The molecule has 0 radical (unpaired) electrons. The Hall–Kier alpha value is -1.81. The SMILES string of the molecule is CN1c2c(nc3ccccn23)C=CC1N. The zero-order valence-electron chi connectivity index (χ0n) is 8.46. The molecule has 3 heterocycles. The molecule has 0 bridgehead atoms. The van der Waals surface area contributed by atoms with Crippen molar-refractivity contribution in [3.63, 3.8) is 0 Å². The molecule has 0 saturated heterocycles. The van der Waals surface area contributed by atoms with Crippen molar-refractivity contribution in [3.8, 4) is 0 Å². The summed E-state index contributed by atoms with van der Waals surface area (Å²) in [7, 11) is 1.98. The maximum Gasteiger partial charge on any atom is 0.142 e.